The second-order valence-electron chi connectivity index (χ2n) is 9.30. The first-order valence-electron chi connectivity index (χ1n) is 11.2. The Morgan fingerprint density at radius 1 is 1.03 bits per heavy atom. The van der Waals surface area contributed by atoms with E-state index in [0.29, 0.717) is 16.2 Å². The van der Waals surface area contributed by atoms with Gasteiger partial charge < -0.3 is 20.2 Å². The smallest absolute Gasteiger partial charge is 0.262 e. The summed E-state index contributed by atoms with van der Waals surface area (Å²) in [5, 5.41) is 3.19. The number of amides is 2. The fourth-order valence-electron chi connectivity index (χ4n) is 3.72. The fraction of sp³-hybridized carbons (Fsp3) is 0.179. The summed E-state index contributed by atoms with van der Waals surface area (Å²) < 4.78 is 11.8. The Bertz CT molecular complexity index is 1520. The van der Waals surface area contributed by atoms with Crippen LogP contribution in [0.4, 0.5) is 5.69 Å². The lowest BCUT2D eigenvalue weighted by molar-refractivity contribution is -0.118. The molecule has 36 heavy (non-hydrogen) atoms. The van der Waals surface area contributed by atoms with Crippen molar-refractivity contribution in [3.8, 4) is 17.1 Å². The van der Waals surface area contributed by atoms with E-state index in [-0.39, 0.29) is 33.6 Å². The molecule has 184 valence electrons. The number of para-hydroxylation sites is 1. The lowest BCUT2D eigenvalue weighted by atomic mass is 9.86. The molecule has 1 heterocycles. The third-order valence-electron chi connectivity index (χ3n) is 5.64. The van der Waals surface area contributed by atoms with E-state index in [2.05, 4.69) is 26.1 Å². The van der Waals surface area contributed by atoms with Gasteiger partial charge in [-0.2, -0.15) is 0 Å². The molecule has 0 saturated carbocycles. The van der Waals surface area contributed by atoms with Crippen molar-refractivity contribution in [2.24, 2.45) is 5.73 Å². The molecule has 0 atom stereocenters. The van der Waals surface area contributed by atoms with Crippen LogP contribution in [0.2, 0.25) is 5.02 Å². The van der Waals surface area contributed by atoms with Gasteiger partial charge in [-0.1, -0.05) is 68.8 Å². The first-order valence-corrected chi connectivity index (χ1v) is 11.6. The monoisotopic (exact) mass is 504 g/mol. The molecule has 2 amide bonds. The summed E-state index contributed by atoms with van der Waals surface area (Å²) >= 11 is 6.09. The van der Waals surface area contributed by atoms with Crippen LogP contribution in [0.15, 0.2) is 75.9 Å². The predicted octanol–water partition coefficient (Wildman–Crippen LogP) is 5.53. The third kappa shape index (κ3) is 5.26. The Morgan fingerprint density at radius 3 is 2.39 bits per heavy atom. The number of fused-ring (bicyclic) bond motifs is 1. The van der Waals surface area contributed by atoms with Gasteiger partial charge in [0.2, 0.25) is 11.2 Å². The molecule has 8 heteroatoms. The minimum atomic E-state index is -0.681. The van der Waals surface area contributed by atoms with Gasteiger partial charge in [0.1, 0.15) is 5.58 Å². The average Bonchev–Trinajstić information content (AvgIpc) is 2.83. The molecule has 1 aromatic heterocycles. The number of hydrogen-bond acceptors (Lipinski definition) is 5. The zero-order chi connectivity index (χ0) is 26.0. The summed E-state index contributed by atoms with van der Waals surface area (Å²) in [6.45, 7) is 5.80. The Balaban J connectivity index is 1.70. The van der Waals surface area contributed by atoms with Crippen LogP contribution in [0.1, 0.15) is 36.7 Å². The Morgan fingerprint density at radius 2 is 1.72 bits per heavy atom. The maximum atomic E-state index is 13.4. The van der Waals surface area contributed by atoms with E-state index in [4.69, 9.17) is 26.5 Å². The summed E-state index contributed by atoms with van der Waals surface area (Å²) in [5.41, 5.74) is 7.33. The standard InChI is InChI=1S/C28H25ClN2O5/c1-28(2,3)17-10-8-16(9-11-17)25-26(24(33)20-14-18(29)12-13-22(20)36-25)35-15-23(32)31-21-7-5-4-6-19(21)27(30)34/h4-14H,15H2,1-3H3,(H2,30,34)(H,31,32). The quantitative estimate of drug-likeness (QED) is 0.358. The molecule has 0 spiro atoms. The van der Waals surface area contributed by atoms with Gasteiger partial charge in [-0.15, -0.1) is 0 Å². The topological polar surface area (TPSA) is 112 Å². The van der Waals surface area contributed by atoms with Crippen molar-refractivity contribution in [2.45, 2.75) is 26.2 Å². The highest BCUT2D eigenvalue weighted by Gasteiger charge is 2.21. The molecule has 7 nitrogen and oxygen atoms in total. The number of nitrogens with two attached hydrogens (primary N) is 1. The summed E-state index contributed by atoms with van der Waals surface area (Å²) in [6.07, 6.45) is 0. The second kappa shape index (κ2) is 9.87. The summed E-state index contributed by atoms with van der Waals surface area (Å²) in [5.74, 6) is -1.18. The number of anilines is 1. The zero-order valence-electron chi connectivity index (χ0n) is 20.1. The van der Waals surface area contributed by atoms with Crippen LogP contribution in [-0.2, 0) is 10.2 Å². The molecule has 0 fully saturated rings. The molecule has 0 aliphatic carbocycles. The molecule has 4 aromatic rings. The normalized spacial score (nSPS) is 11.3. The van der Waals surface area contributed by atoms with Gasteiger partial charge in [0, 0.05) is 10.6 Å². The van der Waals surface area contributed by atoms with Crippen molar-refractivity contribution in [2.75, 3.05) is 11.9 Å². The molecule has 0 saturated heterocycles. The molecule has 0 radical (unpaired) electrons. The number of benzene rings is 3. The highest BCUT2D eigenvalue weighted by Crippen LogP contribution is 2.33. The lowest BCUT2D eigenvalue weighted by Crippen LogP contribution is -2.24. The van der Waals surface area contributed by atoms with Crippen molar-refractivity contribution >= 4 is 40.1 Å². The van der Waals surface area contributed by atoms with E-state index in [1.807, 2.05) is 24.3 Å². The molecule has 0 unspecified atom stereocenters. The number of rotatable bonds is 6. The maximum Gasteiger partial charge on any atom is 0.262 e. The SMILES string of the molecule is CC(C)(C)c1ccc(-c2oc3ccc(Cl)cc3c(=O)c2OCC(=O)Nc2ccccc2C(N)=O)cc1. The molecule has 0 bridgehead atoms. The number of halogens is 1. The van der Waals surface area contributed by atoms with Crippen LogP contribution in [0, 0.1) is 0 Å². The Labute approximate surface area is 212 Å². The van der Waals surface area contributed by atoms with Crippen LogP contribution in [0.5, 0.6) is 5.75 Å². The minimum Gasteiger partial charge on any atom is -0.476 e. The number of carbonyl (C=O) groups excluding carboxylic acids is 2. The number of hydrogen-bond donors (Lipinski definition) is 2. The van der Waals surface area contributed by atoms with Gasteiger partial charge >= 0.3 is 0 Å². The van der Waals surface area contributed by atoms with E-state index in [0.717, 1.165) is 5.56 Å². The zero-order valence-corrected chi connectivity index (χ0v) is 20.8. The van der Waals surface area contributed by atoms with Crippen LogP contribution >= 0.6 is 11.6 Å². The summed E-state index contributed by atoms with van der Waals surface area (Å²) in [6, 6.07) is 18.7. The number of nitrogens with one attached hydrogen (secondary N) is 1. The lowest BCUT2D eigenvalue weighted by Gasteiger charge is -2.19. The summed E-state index contributed by atoms with van der Waals surface area (Å²) in [7, 11) is 0. The Kier molecular flexibility index (Phi) is 6.86. The number of primary amides is 1. The molecule has 0 aliphatic heterocycles. The molecular weight excluding hydrogens is 480 g/mol. The molecule has 3 N–H and O–H groups in total. The highest BCUT2D eigenvalue weighted by atomic mass is 35.5. The van der Waals surface area contributed by atoms with Crippen LogP contribution in [0.25, 0.3) is 22.3 Å². The van der Waals surface area contributed by atoms with Crippen molar-refractivity contribution in [1.29, 1.82) is 0 Å². The van der Waals surface area contributed by atoms with E-state index in [9.17, 15) is 14.4 Å². The van der Waals surface area contributed by atoms with Crippen molar-refractivity contribution in [1.82, 2.24) is 0 Å². The molecule has 4 rings (SSSR count). The van der Waals surface area contributed by atoms with Gasteiger partial charge in [-0.3, -0.25) is 14.4 Å². The molecule has 0 aliphatic rings. The predicted molar refractivity (Wildman–Crippen MR) is 141 cm³/mol. The van der Waals surface area contributed by atoms with Crippen molar-refractivity contribution < 1.29 is 18.7 Å². The number of carbonyl (C=O) groups is 2. The average molecular weight is 505 g/mol. The van der Waals surface area contributed by atoms with Gasteiger partial charge in [-0.25, -0.2) is 0 Å². The fourth-order valence-corrected chi connectivity index (χ4v) is 3.90. The van der Waals surface area contributed by atoms with Gasteiger partial charge in [-0.05, 0) is 41.3 Å². The van der Waals surface area contributed by atoms with E-state index in [1.54, 1.807) is 30.3 Å². The van der Waals surface area contributed by atoms with Crippen LogP contribution in [-0.4, -0.2) is 18.4 Å². The number of ether oxygens (including phenoxy) is 1. The van der Waals surface area contributed by atoms with Crippen molar-refractivity contribution in [3.05, 3.63) is 93.1 Å². The van der Waals surface area contributed by atoms with Crippen LogP contribution in [0.3, 0.4) is 0 Å². The van der Waals surface area contributed by atoms with Crippen molar-refractivity contribution in [3.63, 3.8) is 0 Å². The van der Waals surface area contributed by atoms with Gasteiger partial charge in [0.25, 0.3) is 11.8 Å². The van der Waals surface area contributed by atoms with E-state index in [1.165, 1.54) is 12.1 Å². The first-order chi connectivity index (χ1) is 17.0. The van der Waals surface area contributed by atoms with Gasteiger partial charge in [0.05, 0.1) is 16.6 Å². The first kappa shape index (κ1) is 25.0. The third-order valence-corrected chi connectivity index (χ3v) is 5.87. The Hall–Kier alpha value is -4.10. The van der Waals surface area contributed by atoms with Crippen LogP contribution < -0.4 is 21.2 Å². The largest absolute Gasteiger partial charge is 0.476 e. The minimum absolute atomic E-state index is 0.0574. The summed E-state index contributed by atoms with van der Waals surface area (Å²) in [4.78, 5) is 37.7. The van der Waals surface area contributed by atoms with E-state index >= 15 is 0 Å². The highest BCUT2D eigenvalue weighted by molar-refractivity contribution is 6.31. The second-order valence-corrected chi connectivity index (χ2v) is 9.74. The molecule has 3 aromatic carbocycles. The van der Waals surface area contributed by atoms with Gasteiger partial charge in [0.15, 0.2) is 12.4 Å². The molecular formula is C28H25ClN2O5. The maximum absolute atomic E-state index is 13.4. The van der Waals surface area contributed by atoms with E-state index < -0.39 is 23.9 Å².